The lowest BCUT2D eigenvalue weighted by Crippen LogP contribution is -2.32. The number of rotatable bonds is 4. The Morgan fingerprint density at radius 3 is 2.35 bits per heavy atom. The molecule has 0 bridgehead atoms. The van der Waals surface area contributed by atoms with Crippen molar-refractivity contribution < 1.29 is 0 Å². The number of hydrogen-bond acceptors (Lipinski definition) is 2. The normalized spacial score (nSPS) is 11.8. The highest BCUT2D eigenvalue weighted by Gasteiger charge is 2.19. The molecule has 17 heavy (non-hydrogen) atoms. The summed E-state index contributed by atoms with van der Waals surface area (Å²) in [6.07, 6.45) is 0. The third-order valence-electron chi connectivity index (χ3n) is 2.90. The smallest absolute Gasteiger partial charge is 0.255 e. The Kier molecular flexibility index (Phi) is 4.52. The molecule has 0 fully saturated rings. The molecule has 0 aromatic carbocycles. The molecule has 0 amide bonds. The lowest BCUT2D eigenvalue weighted by Gasteiger charge is -2.24. The summed E-state index contributed by atoms with van der Waals surface area (Å²) in [5.41, 5.74) is 2.10. The molecular weight excluding hydrogens is 212 g/mol. The SMILES string of the molecule is CCNCc1ccc(C(C)(C)C)n(CC)c1=O. The van der Waals surface area contributed by atoms with Crippen molar-refractivity contribution in [3.63, 3.8) is 0 Å². The second kappa shape index (κ2) is 5.50. The Morgan fingerprint density at radius 2 is 1.88 bits per heavy atom. The van der Waals surface area contributed by atoms with E-state index < -0.39 is 0 Å². The Hall–Kier alpha value is -1.09. The zero-order chi connectivity index (χ0) is 13.1. The van der Waals surface area contributed by atoms with Crippen LogP contribution in [0.2, 0.25) is 0 Å². The molecule has 3 heteroatoms. The van der Waals surface area contributed by atoms with Crippen molar-refractivity contribution in [2.45, 2.75) is 53.1 Å². The molecule has 0 unspecified atom stereocenters. The molecule has 0 spiro atoms. The summed E-state index contributed by atoms with van der Waals surface area (Å²) in [7, 11) is 0. The molecule has 1 aromatic rings. The average Bonchev–Trinajstić information content (AvgIpc) is 2.25. The quantitative estimate of drug-likeness (QED) is 0.870. The number of nitrogens with zero attached hydrogens (tertiary/aromatic N) is 1. The van der Waals surface area contributed by atoms with Crippen LogP contribution in [-0.2, 0) is 18.5 Å². The minimum absolute atomic E-state index is 0.00584. The van der Waals surface area contributed by atoms with Gasteiger partial charge in [-0.1, -0.05) is 33.8 Å². The van der Waals surface area contributed by atoms with Crippen molar-refractivity contribution in [3.05, 3.63) is 33.7 Å². The van der Waals surface area contributed by atoms with Crippen LogP contribution in [0.5, 0.6) is 0 Å². The van der Waals surface area contributed by atoms with Crippen molar-refractivity contribution in [1.29, 1.82) is 0 Å². The van der Waals surface area contributed by atoms with E-state index in [-0.39, 0.29) is 11.0 Å². The lowest BCUT2D eigenvalue weighted by atomic mass is 9.90. The van der Waals surface area contributed by atoms with Crippen LogP contribution in [0.3, 0.4) is 0 Å². The van der Waals surface area contributed by atoms with Gasteiger partial charge in [0.15, 0.2) is 0 Å². The summed E-state index contributed by atoms with van der Waals surface area (Å²) < 4.78 is 1.88. The van der Waals surface area contributed by atoms with Gasteiger partial charge in [0.2, 0.25) is 0 Å². The van der Waals surface area contributed by atoms with Crippen LogP contribution in [-0.4, -0.2) is 11.1 Å². The van der Waals surface area contributed by atoms with Gasteiger partial charge in [0.25, 0.3) is 5.56 Å². The van der Waals surface area contributed by atoms with Crippen LogP contribution in [0.15, 0.2) is 16.9 Å². The molecular formula is C14H24N2O. The van der Waals surface area contributed by atoms with Crippen molar-refractivity contribution in [3.8, 4) is 0 Å². The van der Waals surface area contributed by atoms with E-state index in [1.54, 1.807) is 0 Å². The molecule has 96 valence electrons. The van der Waals surface area contributed by atoms with Gasteiger partial charge >= 0.3 is 0 Å². The van der Waals surface area contributed by atoms with Gasteiger partial charge in [-0.05, 0) is 19.5 Å². The zero-order valence-electron chi connectivity index (χ0n) is 11.6. The van der Waals surface area contributed by atoms with E-state index in [1.165, 1.54) is 0 Å². The number of hydrogen-bond donors (Lipinski definition) is 1. The van der Waals surface area contributed by atoms with Crippen molar-refractivity contribution in [1.82, 2.24) is 9.88 Å². The minimum Gasteiger partial charge on any atom is -0.313 e. The largest absolute Gasteiger partial charge is 0.313 e. The number of pyridine rings is 1. The molecule has 3 nitrogen and oxygen atoms in total. The first-order valence-electron chi connectivity index (χ1n) is 6.35. The molecule has 0 saturated carbocycles. The molecule has 0 radical (unpaired) electrons. The molecule has 1 aromatic heterocycles. The molecule has 0 aliphatic rings. The standard InChI is InChI=1S/C14H24N2O/c1-6-15-10-11-8-9-12(14(3,4)5)16(7-2)13(11)17/h8-9,15H,6-7,10H2,1-5H3. The van der Waals surface area contributed by atoms with E-state index in [4.69, 9.17) is 0 Å². The Morgan fingerprint density at radius 1 is 1.24 bits per heavy atom. The van der Waals surface area contributed by atoms with Crippen molar-refractivity contribution in [2.75, 3.05) is 6.54 Å². The van der Waals surface area contributed by atoms with E-state index in [0.717, 1.165) is 24.3 Å². The Labute approximate surface area is 104 Å². The van der Waals surface area contributed by atoms with Crippen LogP contribution in [0.1, 0.15) is 45.9 Å². The maximum atomic E-state index is 12.3. The molecule has 1 rings (SSSR count). The van der Waals surface area contributed by atoms with E-state index >= 15 is 0 Å². The fraction of sp³-hybridized carbons (Fsp3) is 0.643. The molecule has 1 heterocycles. The van der Waals surface area contributed by atoms with Crippen LogP contribution < -0.4 is 10.9 Å². The molecule has 0 aliphatic heterocycles. The summed E-state index contributed by atoms with van der Waals surface area (Å²) >= 11 is 0. The monoisotopic (exact) mass is 236 g/mol. The average molecular weight is 236 g/mol. The lowest BCUT2D eigenvalue weighted by molar-refractivity contribution is 0.507. The first-order valence-corrected chi connectivity index (χ1v) is 6.35. The van der Waals surface area contributed by atoms with Crippen LogP contribution >= 0.6 is 0 Å². The van der Waals surface area contributed by atoms with Gasteiger partial charge in [-0.2, -0.15) is 0 Å². The molecule has 1 N–H and O–H groups in total. The topological polar surface area (TPSA) is 34.0 Å². The van der Waals surface area contributed by atoms with Crippen molar-refractivity contribution >= 4 is 0 Å². The predicted octanol–water partition coefficient (Wildman–Crippen LogP) is 2.28. The first-order chi connectivity index (χ1) is 7.91. The highest BCUT2D eigenvalue weighted by molar-refractivity contribution is 5.21. The van der Waals surface area contributed by atoms with E-state index in [0.29, 0.717) is 6.54 Å². The van der Waals surface area contributed by atoms with Crippen molar-refractivity contribution in [2.24, 2.45) is 0 Å². The molecule has 0 atom stereocenters. The van der Waals surface area contributed by atoms with E-state index in [1.807, 2.05) is 24.5 Å². The zero-order valence-corrected chi connectivity index (χ0v) is 11.6. The Bertz CT molecular complexity index is 427. The van der Waals surface area contributed by atoms with E-state index in [2.05, 4.69) is 32.2 Å². The van der Waals surface area contributed by atoms with Gasteiger partial charge in [0, 0.05) is 29.8 Å². The second-order valence-electron chi connectivity index (χ2n) is 5.32. The molecule has 0 saturated heterocycles. The van der Waals surface area contributed by atoms with Gasteiger partial charge in [0.05, 0.1) is 0 Å². The van der Waals surface area contributed by atoms with Crippen LogP contribution in [0.4, 0.5) is 0 Å². The maximum Gasteiger partial charge on any atom is 0.255 e. The highest BCUT2D eigenvalue weighted by atomic mass is 16.1. The highest BCUT2D eigenvalue weighted by Crippen LogP contribution is 2.21. The van der Waals surface area contributed by atoms with Gasteiger partial charge in [-0.3, -0.25) is 4.79 Å². The van der Waals surface area contributed by atoms with Gasteiger partial charge < -0.3 is 9.88 Å². The summed E-state index contributed by atoms with van der Waals surface area (Å²) in [6.45, 7) is 12.7. The predicted molar refractivity (Wildman–Crippen MR) is 72.5 cm³/mol. The van der Waals surface area contributed by atoms with Gasteiger partial charge in [0.1, 0.15) is 0 Å². The maximum absolute atomic E-state index is 12.3. The number of nitrogens with one attached hydrogen (secondary N) is 1. The van der Waals surface area contributed by atoms with E-state index in [9.17, 15) is 4.79 Å². The van der Waals surface area contributed by atoms with Gasteiger partial charge in [-0.15, -0.1) is 0 Å². The third kappa shape index (κ3) is 3.19. The summed E-state index contributed by atoms with van der Waals surface area (Å²) in [5, 5.41) is 3.20. The van der Waals surface area contributed by atoms with Crippen LogP contribution in [0.25, 0.3) is 0 Å². The minimum atomic E-state index is 0.00584. The molecule has 0 aliphatic carbocycles. The third-order valence-corrected chi connectivity index (χ3v) is 2.90. The summed E-state index contributed by atoms with van der Waals surface area (Å²) in [4.78, 5) is 12.3. The fourth-order valence-corrected chi connectivity index (χ4v) is 1.99. The second-order valence-corrected chi connectivity index (χ2v) is 5.32. The van der Waals surface area contributed by atoms with Crippen LogP contribution in [0, 0.1) is 0 Å². The summed E-state index contributed by atoms with van der Waals surface area (Å²) in [5.74, 6) is 0. The van der Waals surface area contributed by atoms with Gasteiger partial charge in [-0.25, -0.2) is 0 Å². The summed E-state index contributed by atoms with van der Waals surface area (Å²) in [6, 6.07) is 4.04. The fourth-order valence-electron chi connectivity index (χ4n) is 1.99. The first kappa shape index (κ1) is 14.0. The Balaban J connectivity index is 3.23. The number of aromatic nitrogens is 1.